The van der Waals surface area contributed by atoms with E-state index in [9.17, 15) is 9.59 Å². The van der Waals surface area contributed by atoms with Crippen molar-refractivity contribution >= 4 is 11.9 Å². The van der Waals surface area contributed by atoms with Gasteiger partial charge in [0.05, 0.1) is 13.2 Å². The number of ether oxygens (including phenoxy) is 1. The normalized spacial score (nSPS) is 12.8. The number of rotatable bonds is 5. The molecule has 0 radical (unpaired) electrons. The van der Waals surface area contributed by atoms with Gasteiger partial charge >= 0.3 is 5.97 Å². The third-order valence-corrected chi connectivity index (χ3v) is 2.88. The van der Waals surface area contributed by atoms with Gasteiger partial charge in [0.15, 0.2) is 5.82 Å². The minimum Gasteiger partial charge on any atom is -0.465 e. The van der Waals surface area contributed by atoms with E-state index in [1.54, 1.807) is 24.9 Å². The summed E-state index contributed by atoms with van der Waals surface area (Å²) < 4.78 is 6.68. The highest BCUT2D eigenvalue weighted by Crippen LogP contribution is 2.27. The molecule has 0 aliphatic heterocycles. The van der Waals surface area contributed by atoms with Crippen molar-refractivity contribution in [3.63, 3.8) is 0 Å². The van der Waals surface area contributed by atoms with Gasteiger partial charge in [-0.05, 0) is 12.3 Å². The fraction of sp³-hybridized carbons (Fsp3) is 0.692. The van der Waals surface area contributed by atoms with Crippen molar-refractivity contribution in [3.8, 4) is 0 Å². The SMILES string of the molecule is CCOC(=O)C(C(=O)NCc1nncn1C)C(C)(C)C. The zero-order valence-corrected chi connectivity index (χ0v) is 12.6. The first-order chi connectivity index (χ1) is 9.27. The van der Waals surface area contributed by atoms with Crippen LogP contribution in [0.15, 0.2) is 6.33 Å². The molecule has 1 atom stereocenters. The second-order valence-electron chi connectivity index (χ2n) is 5.63. The van der Waals surface area contributed by atoms with Gasteiger partial charge in [-0.3, -0.25) is 9.59 Å². The molecule has 7 nitrogen and oxygen atoms in total. The summed E-state index contributed by atoms with van der Waals surface area (Å²) in [4.78, 5) is 24.2. The lowest BCUT2D eigenvalue weighted by Gasteiger charge is -2.27. The van der Waals surface area contributed by atoms with E-state index in [-0.39, 0.29) is 19.1 Å². The minimum atomic E-state index is -0.851. The molecule has 0 saturated heterocycles. The van der Waals surface area contributed by atoms with Gasteiger partial charge in [-0.25, -0.2) is 0 Å². The average Bonchev–Trinajstić information content (AvgIpc) is 2.71. The van der Waals surface area contributed by atoms with Crippen LogP contribution in [-0.4, -0.2) is 33.2 Å². The molecule has 1 aromatic heterocycles. The quantitative estimate of drug-likeness (QED) is 0.633. The topological polar surface area (TPSA) is 86.1 Å². The molecule has 20 heavy (non-hydrogen) atoms. The van der Waals surface area contributed by atoms with Gasteiger partial charge in [0.25, 0.3) is 0 Å². The highest BCUT2D eigenvalue weighted by molar-refractivity contribution is 5.98. The molecule has 0 aliphatic rings. The second-order valence-corrected chi connectivity index (χ2v) is 5.63. The molecular formula is C13H22N4O3. The van der Waals surface area contributed by atoms with Gasteiger partial charge in [-0.1, -0.05) is 20.8 Å². The monoisotopic (exact) mass is 282 g/mol. The van der Waals surface area contributed by atoms with Crippen molar-refractivity contribution in [1.29, 1.82) is 0 Å². The summed E-state index contributed by atoms with van der Waals surface area (Å²) in [5, 5.41) is 10.3. The van der Waals surface area contributed by atoms with Gasteiger partial charge in [0.1, 0.15) is 12.2 Å². The fourth-order valence-corrected chi connectivity index (χ4v) is 1.81. The van der Waals surface area contributed by atoms with Crippen LogP contribution in [0.25, 0.3) is 0 Å². The van der Waals surface area contributed by atoms with Crippen LogP contribution in [-0.2, 0) is 27.9 Å². The molecule has 0 bridgehead atoms. The fourth-order valence-electron chi connectivity index (χ4n) is 1.81. The molecule has 0 aliphatic carbocycles. The van der Waals surface area contributed by atoms with Crippen molar-refractivity contribution in [2.75, 3.05) is 6.61 Å². The van der Waals surface area contributed by atoms with E-state index in [1.807, 2.05) is 20.8 Å². The lowest BCUT2D eigenvalue weighted by molar-refractivity contribution is -0.156. The standard InChI is InChI=1S/C13H22N4O3/c1-6-20-12(19)10(13(2,3)4)11(18)14-7-9-16-15-8-17(9)5/h8,10H,6-7H2,1-5H3,(H,14,18). The van der Waals surface area contributed by atoms with Crippen molar-refractivity contribution in [1.82, 2.24) is 20.1 Å². The Labute approximate surface area is 118 Å². The first kappa shape index (κ1) is 16.1. The molecule has 7 heteroatoms. The molecule has 1 heterocycles. The number of nitrogens with zero attached hydrogens (tertiary/aromatic N) is 3. The molecule has 1 rings (SSSR count). The van der Waals surface area contributed by atoms with Crippen LogP contribution in [0.5, 0.6) is 0 Å². The number of carbonyl (C=O) groups excluding carboxylic acids is 2. The van der Waals surface area contributed by atoms with Crippen LogP contribution in [0.2, 0.25) is 0 Å². The summed E-state index contributed by atoms with van der Waals surface area (Å²) in [6.07, 6.45) is 1.55. The summed E-state index contributed by atoms with van der Waals surface area (Å²) in [5.74, 6) is -1.10. The highest BCUT2D eigenvalue weighted by atomic mass is 16.5. The zero-order valence-electron chi connectivity index (χ0n) is 12.6. The largest absolute Gasteiger partial charge is 0.465 e. The van der Waals surface area contributed by atoms with E-state index in [0.717, 1.165) is 0 Å². The highest BCUT2D eigenvalue weighted by Gasteiger charge is 2.38. The van der Waals surface area contributed by atoms with Crippen molar-refractivity contribution in [3.05, 3.63) is 12.2 Å². The van der Waals surface area contributed by atoms with Crippen molar-refractivity contribution in [2.45, 2.75) is 34.2 Å². The smallest absolute Gasteiger partial charge is 0.319 e. The second kappa shape index (κ2) is 6.49. The number of aryl methyl sites for hydroxylation is 1. The van der Waals surface area contributed by atoms with Gasteiger partial charge in [-0.15, -0.1) is 10.2 Å². The molecule has 0 fully saturated rings. The molecular weight excluding hydrogens is 260 g/mol. The molecule has 1 aromatic rings. The number of amides is 1. The number of carbonyl (C=O) groups is 2. The summed E-state index contributed by atoms with van der Waals surface area (Å²) in [6.45, 7) is 7.68. The van der Waals surface area contributed by atoms with Crippen molar-refractivity contribution < 1.29 is 14.3 Å². The predicted octanol–water partition coefficient (Wildman–Crippen LogP) is 0.657. The van der Waals surface area contributed by atoms with Crippen LogP contribution in [0.4, 0.5) is 0 Å². The zero-order chi connectivity index (χ0) is 15.3. The Morgan fingerprint density at radius 3 is 2.55 bits per heavy atom. The maximum absolute atomic E-state index is 12.2. The lowest BCUT2D eigenvalue weighted by Crippen LogP contribution is -2.43. The molecule has 1 amide bonds. The first-order valence-corrected chi connectivity index (χ1v) is 6.54. The van der Waals surface area contributed by atoms with Gasteiger partial charge in [0, 0.05) is 7.05 Å². The summed E-state index contributed by atoms with van der Waals surface area (Å²) in [6, 6.07) is 0. The van der Waals surface area contributed by atoms with Crippen LogP contribution >= 0.6 is 0 Å². The average molecular weight is 282 g/mol. The third-order valence-electron chi connectivity index (χ3n) is 2.88. The van der Waals surface area contributed by atoms with E-state index < -0.39 is 17.3 Å². The molecule has 0 aromatic carbocycles. The number of esters is 1. The number of hydrogen-bond acceptors (Lipinski definition) is 5. The number of nitrogens with one attached hydrogen (secondary N) is 1. The minimum absolute atomic E-state index is 0.224. The van der Waals surface area contributed by atoms with Gasteiger partial charge < -0.3 is 14.6 Å². The molecule has 0 saturated carbocycles. The van der Waals surface area contributed by atoms with Crippen LogP contribution in [0.3, 0.4) is 0 Å². The summed E-state index contributed by atoms with van der Waals surface area (Å²) >= 11 is 0. The van der Waals surface area contributed by atoms with Gasteiger partial charge in [-0.2, -0.15) is 0 Å². The Hall–Kier alpha value is -1.92. The maximum atomic E-state index is 12.2. The maximum Gasteiger partial charge on any atom is 0.319 e. The van der Waals surface area contributed by atoms with E-state index in [2.05, 4.69) is 15.5 Å². The van der Waals surface area contributed by atoms with Crippen LogP contribution < -0.4 is 5.32 Å². The van der Waals surface area contributed by atoms with E-state index in [0.29, 0.717) is 5.82 Å². The number of aromatic nitrogens is 3. The van der Waals surface area contributed by atoms with E-state index in [1.165, 1.54) is 0 Å². The Morgan fingerprint density at radius 1 is 1.45 bits per heavy atom. The lowest BCUT2D eigenvalue weighted by atomic mass is 9.80. The van der Waals surface area contributed by atoms with Crippen LogP contribution in [0.1, 0.15) is 33.5 Å². The van der Waals surface area contributed by atoms with E-state index in [4.69, 9.17) is 4.74 Å². The summed E-state index contributed by atoms with van der Waals surface area (Å²) in [5.41, 5.74) is -0.518. The number of hydrogen-bond donors (Lipinski definition) is 1. The third kappa shape index (κ3) is 4.04. The molecule has 1 N–H and O–H groups in total. The first-order valence-electron chi connectivity index (χ1n) is 6.54. The van der Waals surface area contributed by atoms with Crippen LogP contribution in [0, 0.1) is 11.3 Å². The van der Waals surface area contributed by atoms with Gasteiger partial charge in [0.2, 0.25) is 5.91 Å². The Bertz CT molecular complexity index is 476. The Balaban J connectivity index is 2.74. The Morgan fingerprint density at radius 2 is 2.10 bits per heavy atom. The van der Waals surface area contributed by atoms with Crippen molar-refractivity contribution in [2.24, 2.45) is 18.4 Å². The molecule has 1 unspecified atom stereocenters. The van der Waals surface area contributed by atoms with E-state index >= 15 is 0 Å². The summed E-state index contributed by atoms with van der Waals surface area (Å²) in [7, 11) is 1.79. The molecule has 112 valence electrons. The molecule has 0 spiro atoms. The predicted molar refractivity (Wildman–Crippen MR) is 72.4 cm³/mol. The Kier molecular flexibility index (Phi) is 5.24.